The van der Waals surface area contributed by atoms with E-state index in [2.05, 4.69) is 23.9 Å². The highest BCUT2D eigenvalue weighted by atomic mass is 16.1. The Labute approximate surface area is 94.3 Å². The molecule has 0 aliphatic rings. The lowest BCUT2D eigenvalue weighted by atomic mass is 10.1. The molecule has 0 spiro atoms. The van der Waals surface area contributed by atoms with Crippen molar-refractivity contribution in [3.05, 3.63) is 29.7 Å². The molecule has 0 radical (unpaired) electrons. The Morgan fingerprint density at radius 3 is 2.88 bits per heavy atom. The van der Waals surface area contributed by atoms with Crippen LogP contribution < -0.4 is 0 Å². The van der Waals surface area contributed by atoms with Crippen molar-refractivity contribution in [1.29, 1.82) is 0 Å². The molecule has 16 heavy (non-hydrogen) atoms. The number of ketones is 1. The minimum Gasteiger partial charge on any atom is -0.300 e. The average Bonchev–Trinajstić information content (AvgIpc) is 2.61. The van der Waals surface area contributed by atoms with Gasteiger partial charge in [0.15, 0.2) is 11.5 Å². The molecular weight excluding hydrogens is 202 g/mol. The van der Waals surface area contributed by atoms with Gasteiger partial charge in [-0.1, -0.05) is 19.9 Å². The van der Waals surface area contributed by atoms with Gasteiger partial charge in [-0.05, 0) is 13.0 Å². The van der Waals surface area contributed by atoms with Crippen molar-refractivity contribution >= 4 is 11.4 Å². The molecular formula is C12H15N3O. The van der Waals surface area contributed by atoms with Gasteiger partial charge in [-0.3, -0.25) is 4.79 Å². The third-order valence-electron chi connectivity index (χ3n) is 2.42. The van der Waals surface area contributed by atoms with Crippen LogP contribution in [0, 0.1) is 0 Å². The molecule has 84 valence electrons. The average molecular weight is 217 g/mol. The Bertz CT molecular complexity index is 528. The summed E-state index contributed by atoms with van der Waals surface area (Å²) in [7, 11) is 0. The molecule has 2 aromatic rings. The first kappa shape index (κ1) is 10.8. The van der Waals surface area contributed by atoms with Crippen molar-refractivity contribution < 1.29 is 4.79 Å². The SMILES string of the molecule is CC(=O)Cc1cccn2nc(C(C)C)nc12. The number of hydrogen-bond donors (Lipinski definition) is 0. The van der Waals surface area contributed by atoms with Crippen LogP contribution in [0.15, 0.2) is 18.3 Å². The van der Waals surface area contributed by atoms with Crippen molar-refractivity contribution in [1.82, 2.24) is 14.6 Å². The van der Waals surface area contributed by atoms with E-state index < -0.39 is 0 Å². The van der Waals surface area contributed by atoms with E-state index in [9.17, 15) is 4.79 Å². The standard InChI is InChI=1S/C12H15N3O/c1-8(2)11-13-12-10(7-9(3)16)5-4-6-15(12)14-11/h4-6,8H,7H2,1-3H3. The second kappa shape index (κ2) is 4.04. The predicted molar refractivity (Wildman–Crippen MR) is 61.5 cm³/mol. The van der Waals surface area contributed by atoms with E-state index in [-0.39, 0.29) is 5.78 Å². The van der Waals surface area contributed by atoms with Gasteiger partial charge in [0.05, 0.1) is 0 Å². The molecule has 4 nitrogen and oxygen atoms in total. The van der Waals surface area contributed by atoms with Crippen LogP contribution in [0.3, 0.4) is 0 Å². The summed E-state index contributed by atoms with van der Waals surface area (Å²) in [5.74, 6) is 1.25. The van der Waals surface area contributed by atoms with E-state index in [1.165, 1.54) is 0 Å². The first-order valence-electron chi connectivity index (χ1n) is 5.41. The fourth-order valence-corrected chi connectivity index (χ4v) is 1.63. The minimum absolute atomic E-state index is 0.141. The number of fused-ring (bicyclic) bond motifs is 1. The van der Waals surface area contributed by atoms with Gasteiger partial charge in [-0.25, -0.2) is 9.50 Å². The van der Waals surface area contributed by atoms with Crippen LogP contribution in [0.25, 0.3) is 5.65 Å². The summed E-state index contributed by atoms with van der Waals surface area (Å²) >= 11 is 0. The van der Waals surface area contributed by atoms with Gasteiger partial charge >= 0.3 is 0 Å². The van der Waals surface area contributed by atoms with Crippen LogP contribution in [0.5, 0.6) is 0 Å². The molecule has 2 rings (SSSR count). The summed E-state index contributed by atoms with van der Waals surface area (Å²) in [6, 6.07) is 3.82. The van der Waals surface area contributed by atoms with E-state index in [1.807, 2.05) is 18.3 Å². The molecule has 0 aliphatic carbocycles. The molecule has 0 bridgehead atoms. The number of rotatable bonds is 3. The highest BCUT2D eigenvalue weighted by Crippen LogP contribution is 2.14. The van der Waals surface area contributed by atoms with Gasteiger partial charge in [0.25, 0.3) is 0 Å². The number of pyridine rings is 1. The Hall–Kier alpha value is -1.71. The zero-order valence-corrected chi connectivity index (χ0v) is 9.77. The normalized spacial score (nSPS) is 11.2. The van der Waals surface area contributed by atoms with E-state index in [4.69, 9.17) is 0 Å². The van der Waals surface area contributed by atoms with Gasteiger partial charge in [0, 0.05) is 24.1 Å². The Morgan fingerprint density at radius 2 is 2.25 bits per heavy atom. The van der Waals surface area contributed by atoms with Crippen molar-refractivity contribution in [2.75, 3.05) is 0 Å². The molecule has 0 atom stereocenters. The van der Waals surface area contributed by atoms with Gasteiger partial charge in [-0.2, -0.15) is 5.10 Å². The highest BCUT2D eigenvalue weighted by molar-refractivity contribution is 5.80. The van der Waals surface area contributed by atoms with E-state index in [0.717, 1.165) is 17.0 Å². The van der Waals surface area contributed by atoms with Crippen molar-refractivity contribution in [3.63, 3.8) is 0 Å². The summed E-state index contributed by atoms with van der Waals surface area (Å²) in [5.41, 5.74) is 1.73. The van der Waals surface area contributed by atoms with Gasteiger partial charge in [0.2, 0.25) is 0 Å². The topological polar surface area (TPSA) is 47.3 Å². The molecule has 2 heterocycles. The van der Waals surface area contributed by atoms with Crippen molar-refractivity contribution in [2.24, 2.45) is 0 Å². The maximum atomic E-state index is 11.1. The van der Waals surface area contributed by atoms with Crippen LogP contribution in [0.1, 0.15) is 38.1 Å². The molecule has 0 aromatic carbocycles. The van der Waals surface area contributed by atoms with Crippen molar-refractivity contribution in [2.45, 2.75) is 33.1 Å². The third-order valence-corrected chi connectivity index (χ3v) is 2.42. The third kappa shape index (κ3) is 1.96. The number of nitrogens with zero attached hydrogens (tertiary/aromatic N) is 3. The van der Waals surface area contributed by atoms with E-state index in [1.54, 1.807) is 11.4 Å². The van der Waals surface area contributed by atoms with E-state index >= 15 is 0 Å². The smallest absolute Gasteiger partial charge is 0.159 e. The molecule has 0 aliphatic heterocycles. The number of carbonyl (C=O) groups is 1. The summed E-state index contributed by atoms with van der Waals surface area (Å²) in [6.45, 7) is 5.70. The summed E-state index contributed by atoms with van der Waals surface area (Å²) in [4.78, 5) is 15.6. The minimum atomic E-state index is 0.141. The largest absolute Gasteiger partial charge is 0.300 e. The number of aromatic nitrogens is 3. The highest BCUT2D eigenvalue weighted by Gasteiger charge is 2.11. The Morgan fingerprint density at radius 1 is 1.50 bits per heavy atom. The van der Waals surface area contributed by atoms with Crippen LogP contribution in [0.2, 0.25) is 0 Å². The molecule has 0 unspecified atom stereocenters. The summed E-state index contributed by atoms with van der Waals surface area (Å²) in [5, 5.41) is 4.37. The van der Waals surface area contributed by atoms with Gasteiger partial charge in [0.1, 0.15) is 5.78 Å². The van der Waals surface area contributed by atoms with Crippen molar-refractivity contribution in [3.8, 4) is 0 Å². The lowest BCUT2D eigenvalue weighted by Crippen LogP contribution is -1.99. The molecule has 2 aromatic heterocycles. The molecule has 0 saturated heterocycles. The first-order chi connectivity index (χ1) is 7.58. The first-order valence-corrected chi connectivity index (χ1v) is 5.41. The molecule has 0 fully saturated rings. The molecule has 0 N–H and O–H groups in total. The lowest BCUT2D eigenvalue weighted by Gasteiger charge is -1.98. The molecule has 4 heteroatoms. The molecule has 0 amide bonds. The van der Waals surface area contributed by atoms with Crippen LogP contribution in [-0.4, -0.2) is 20.4 Å². The second-order valence-corrected chi connectivity index (χ2v) is 4.31. The summed E-state index contributed by atoms with van der Waals surface area (Å²) in [6.07, 6.45) is 2.28. The number of carbonyl (C=O) groups excluding carboxylic acids is 1. The van der Waals surface area contributed by atoms with E-state index in [0.29, 0.717) is 12.3 Å². The van der Waals surface area contributed by atoms with Crippen LogP contribution in [0.4, 0.5) is 0 Å². The fourth-order valence-electron chi connectivity index (χ4n) is 1.63. The maximum Gasteiger partial charge on any atom is 0.159 e. The van der Waals surface area contributed by atoms with Gasteiger partial charge in [-0.15, -0.1) is 0 Å². The fraction of sp³-hybridized carbons (Fsp3) is 0.417. The van der Waals surface area contributed by atoms with Gasteiger partial charge < -0.3 is 0 Å². The summed E-state index contributed by atoms with van der Waals surface area (Å²) < 4.78 is 1.74. The van der Waals surface area contributed by atoms with Crippen LogP contribution >= 0.6 is 0 Å². The molecule has 0 saturated carbocycles. The monoisotopic (exact) mass is 217 g/mol. The quantitative estimate of drug-likeness (QED) is 0.789. The number of Topliss-reactive ketones (excluding diaryl/α,β-unsaturated/α-hetero) is 1. The Kier molecular flexibility index (Phi) is 2.73. The zero-order chi connectivity index (χ0) is 11.7. The maximum absolute atomic E-state index is 11.1. The zero-order valence-electron chi connectivity index (χ0n) is 9.77. The number of hydrogen-bond acceptors (Lipinski definition) is 3. The lowest BCUT2D eigenvalue weighted by molar-refractivity contribution is -0.116. The second-order valence-electron chi connectivity index (χ2n) is 4.31. The predicted octanol–water partition coefficient (Wildman–Crippen LogP) is 1.98. The Balaban J connectivity index is 2.54. The van der Waals surface area contributed by atoms with Crippen LogP contribution in [-0.2, 0) is 11.2 Å².